The van der Waals surface area contributed by atoms with Crippen molar-refractivity contribution in [3.63, 3.8) is 0 Å². The third-order valence-electron chi connectivity index (χ3n) is 3.35. The van der Waals surface area contributed by atoms with Crippen LogP contribution in [0, 0.1) is 0 Å². The molecule has 0 amide bonds. The quantitative estimate of drug-likeness (QED) is 0.610. The van der Waals surface area contributed by atoms with Gasteiger partial charge in [0.25, 0.3) is 0 Å². The lowest BCUT2D eigenvalue weighted by molar-refractivity contribution is 0.174. The number of nitrogens with zero attached hydrogens (tertiary/aromatic N) is 1. The summed E-state index contributed by atoms with van der Waals surface area (Å²) in [4.78, 5) is 5.44. The van der Waals surface area contributed by atoms with E-state index in [0.717, 1.165) is 33.2 Å². The molecule has 0 bridgehead atoms. The molecule has 3 nitrogen and oxygen atoms in total. The van der Waals surface area contributed by atoms with Gasteiger partial charge < -0.3 is 9.47 Å². The van der Waals surface area contributed by atoms with Crippen molar-refractivity contribution in [3.8, 4) is 33.2 Å². The van der Waals surface area contributed by atoms with E-state index in [9.17, 15) is 0 Å². The SMILES string of the molecule is Clc1ccc(-c2nc(Cl)sc2-c2ccc3c(c2)OCO3)cc1. The standard InChI is InChI=1S/C16H9Cl2NO2S/c17-11-4-1-9(2-5-11)14-15(22-16(18)19-14)10-3-6-12-13(7-10)21-8-20-12/h1-7H,8H2. The van der Waals surface area contributed by atoms with Crippen LogP contribution in [0.5, 0.6) is 11.5 Å². The van der Waals surface area contributed by atoms with Gasteiger partial charge in [-0.05, 0) is 35.9 Å². The molecule has 0 saturated carbocycles. The Morgan fingerprint density at radius 3 is 2.45 bits per heavy atom. The molecule has 0 aliphatic carbocycles. The molecule has 110 valence electrons. The summed E-state index contributed by atoms with van der Waals surface area (Å²) in [6.45, 7) is 0.256. The number of halogens is 2. The second-order valence-electron chi connectivity index (χ2n) is 4.72. The van der Waals surface area contributed by atoms with Crippen molar-refractivity contribution in [2.24, 2.45) is 0 Å². The van der Waals surface area contributed by atoms with E-state index in [0.29, 0.717) is 9.49 Å². The van der Waals surface area contributed by atoms with Gasteiger partial charge in [0.15, 0.2) is 16.0 Å². The van der Waals surface area contributed by atoms with E-state index in [-0.39, 0.29) is 6.79 Å². The van der Waals surface area contributed by atoms with E-state index in [1.807, 2.05) is 42.5 Å². The predicted octanol–water partition coefficient (Wildman–Crippen LogP) is 5.51. The summed E-state index contributed by atoms with van der Waals surface area (Å²) in [5.74, 6) is 1.50. The molecule has 4 rings (SSSR count). The third-order valence-corrected chi connectivity index (χ3v) is 4.81. The van der Waals surface area contributed by atoms with Crippen molar-refractivity contribution >= 4 is 34.5 Å². The number of ether oxygens (including phenoxy) is 2. The zero-order valence-corrected chi connectivity index (χ0v) is 13.5. The average Bonchev–Trinajstić information content (AvgIpc) is 3.13. The van der Waals surface area contributed by atoms with Gasteiger partial charge in [-0.2, -0.15) is 0 Å². The Kier molecular flexibility index (Phi) is 3.45. The molecule has 1 aromatic heterocycles. The summed E-state index contributed by atoms with van der Waals surface area (Å²) in [5.41, 5.74) is 2.81. The van der Waals surface area contributed by atoms with Crippen LogP contribution < -0.4 is 9.47 Å². The van der Waals surface area contributed by atoms with Crippen LogP contribution in [-0.4, -0.2) is 11.8 Å². The minimum Gasteiger partial charge on any atom is -0.454 e. The van der Waals surface area contributed by atoms with Crippen LogP contribution in [0.25, 0.3) is 21.7 Å². The van der Waals surface area contributed by atoms with Crippen molar-refractivity contribution in [2.45, 2.75) is 0 Å². The Labute approximate surface area is 141 Å². The first-order valence-electron chi connectivity index (χ1n) is 6.53. The number of hydrogen-bond acceptors (Lipinski definition) is 4. The fraction of sp³-hybridized carbons (Fsp3) is 0.0625. The van der Waals surface area contributed by atoms with Gasteiger partial charge in [0.1, 0.15) is 0 Å². The highest BCUT2D eigenvalue weighted by atomic mass is 35.5. The molecule has 0 spiro atoms. The summed E-state index contributed by atoms with van der Waals surface area (Å²) in [7, 11) is 0. The first-order chi connectivity index (χ1) is 10.7. The van der Waals surface area contributed by atoms with Gasteiger partial charge in [0.05, 0.1) is 10.6 Å². The van der Waals surface area contributed by atoms with Gasteiger partial charge in [0, 0.05) is 10.6 Å². The maximum Gasteiger partial charge on any atom is 0.231 e. The number of aromatic nitrogens is 1. The summed E-state index contributed by atoms with van der Waals surface area (Å²) in [6, 6.07) is 13.4. The smallest absolute Gasteiger partial charge is 0.231 e. The lowest BCUT2D eigenvalue weighted by atomic mass is 10.1. The van der Waals surface area contributed by atoms with Crippen LogP contribution in [0.3, 0.4) is 0 Å². The van der Waals surface area contributed by atoms with E-state index in [4.69, 9.17) is 32.7 Å². The zero-order chi connectivity index (χ0) is 15.1. The molecule has 22 heavy (non-hydrogen) atoms. The van der Waals surface area contributed by atoms with E-state index < -0.39 is 0 Å². The highest BCUT2D eigenvalue weighted by Crippen LogP contribution is 2.42. The van der Waals surface area contributed by atoms with Crippen molar-refractivity contribution in [2.75, 3.05) is 6.79 Å². The molecular weight excluding hydrogens is 341 g/mol. The molecule has 1 aliphatic rings. The summed E-state index contributed by atoms with van der Waals surface area (Å²) in [5, 5.41) is 0.690. The topological polar surface area (TPSA) is 31.4 Å². The number of thiazole rings is 1. The second-order valence-corrected chi connectivity index (χ2v) is 6.74. The first-order valence-corrected chi connectivity index (χ1v) is 8.10. The minimum atomic E-state index is 0.256. The van der Waals surface area contributed by atoms with Crippen LogP contribution in [0.15, 0.2) is 42.5 Å². The molecule has 2 aromatic carbocycles. The highest BCUT2D eigenvalue weighted by molar-refractivity contribution is 7.19. The maximum atomic E-state index is 6.14. The summed E-state index contributed by atoms with van der Waals surface area (Å²) in [6.07, 6.45) is 0. The molecule has 0 saturated heterocycles. The van der Waals surface area contributed by atoms with Crippen molar-refractivity contribution in [3.05, 3.63) is 52.0 Å². The fourth-order valence-corrected chi connectivity index (χ4v) is 3.58. The molecule has 0 fully saturated rings. The number of benzene rings is 2. The van der Waals surface area contributed by atoms with Crippen LogP contribution in [0.4, 0.5) is 0 Å². The molecule has 0 N–H and O–H groups in total. The van der Waals surface area contributed by atoms with Gasteiger partial charge in [-0.1, -0.05) is 35.3 Å². The average molecular weight is 350 g/mol. The molecule has 0 unspecified atom stereocenters. The predicted molar refractivity (Wildman–Crippen MR) is 89.1 cm³/mol. The molecule has 2 heterocycles. The second kappa shape index (κ2) is 5.47. The molecule has 1 aliphatic heterocycles. The van der Waals surface area contributed by atoms with Gasteiger partial charge in [0.2, 0.25) is 6.79 Å². The highest BCUT2D eigenvalue weighted by Gasteiger charge is 2.18. The van der Waals surface area contributed by atoms with Crippen molar-refractivity contribution in [1.29, 1.82) is 0 Å². The van der Waals surface area contributed by atoms with Gasteiger partial charge >= 0.3 is 0 Å². The molecule has 0 radical (unpaired) electrons. The van der Waals surface area contributed by atoms with E-state index in [2.05, 4.69) is 4.98 Å². The van der Waals surface area contributed by atoms with Crippen molar-refractivity contribution in [1.82, 2.24) is 4.98 Å². The summed E-state index contributed by atoms with van der Waals surface area (Å²) >= 11 is 13.5. The molecule has 3 aromatic rings. The fourth-order valence-electron chi connectivity index (χ4n) is 2.33. The van der Waals surface area contributed by atoms with E-state index in [1.54, 1.807) is 0 Å². The van der Waals surface area contributed by atoms with Crippen LogP contribution in [0.2, 0.25) is 9.49 Å². The van der Waals surface area contributed by atoms with E-state index in [1.165, 1.54) is 11.3 Å². The third kappa shape index (κ3) is 2.43. The molecule has 6 heteroatoms. The minimum absolute atomic E-state index is 0.256. The monoisotopic (exact) mass is 349 g/mol. The maximum absolute atomic E-state index is 6.14. The largest absolute Gasteiger partial charge is 0.454 e. The Morgan fingerprint density at radius 2 is 1.64 bits per heavy atom. The lowest BCUT2D eigenvalue weighted by Gasteiger charge is -2.04. The number of fused-ring (bicyclic) bond motifs is 1. The Morgan fingerprint density at radius 1 is 0.909 bits per heavy atom. The molecular formula is C16H9Cl2NO2S. The first kappa shape index (κ1) is 13.9. The van der Waals surface area contributed by atoms with Crippen LogP contribution >= 0.6 is 34.5 Å². The Hall–Kier alpha value is -1.75. The Balaban J connectivity index is 1.84. The van der Waals surface area contributed by atoms with Gasteiger partial charge in [-0.25, -0.2) is 4.98 Å². The van der Waals surface area contributed by atoms with Gasteiger partial charge in [-0.15, -0.1) is 11.3 Å². The van der Waals surface area contributed by atoms with Crippen LogP contribution in [0.1, 0.15) is 0 Å². The normalized spacial score (nSPS) is 12.6. The van der Waals surface area contributed by atoms with Crippen LogP contribution in [-0.2, 0) is 0 Å². The molecule has 0 atom stereocenters. The van der Waals surface area contributed by atoms with E-state index >= 15 is 0 Å². The van der Waals surface area contributed by atoms with Crippen molar-refractivity contribution < 1.29 is 9.47 Å². The zero-order valence-electron chi connectivity index (χ0n) is 11.2. The number of rotatable bonds is 2. The summed E-state index contributed by atoms with van der Waals surface area (Å²) < 4.78 is 11.3. The number of hydrogen-bond donors (Lipinski definition) is 0. The Bertz CT molecular complexity index is 846. The lowest BCUT2D eigenvalue weighted by Crippen LogP contribution is -1.92. The van der Waals surface area contributed by atoms with Gasteiger partial charge in [-0.3, -0.25) is 0 Å².